The molecule has 0 bridgehead atoms. The summed E-state index contributed by atoms with van der Waals surface area (Å²) in [5, 5.41) is 2.74. The lowest BCUT2D eigenvalue weighted by Crippen LogP contribution is -2.22. The molecule has 0 saturated carbocycles. The fourth-order valence-electron chi connectivity index (χ4n) is 2.62. The van der Waals surface area contributed by atoms with Crippen molar-refractivity contribution in [1.82, 2.24) is 0 Å². The van der Waals surface area contributed by atoms with E-state index >= 15 is 0 Å². The van der Waals surface area contributed by atoms with Gasteiger partial charge in [0.25, 0.3) is 5.91 Å². The van der Waals surface area contributed by atoms with Crippen LogP contribution in [-0.4, -0.2) is 11.9 Å². The molecule has 2 aromatic rings. The zero-order valence-corrected chi connectivity index (χ0v) is 11.7. The molecule has 5 N–H and O–H groups in total. The van der Waals surface area contributed by atoms with Gasteiger partial charge in [0, 0.05) is 4.88 Å². The van der Waals surface area contributed by atoms with Gasteiger partial charge in [0.2, 0.25) is 0 Å². The minimum absolute atomic E-state index is 0.267. The second-order valence-electron chi connectivity index (χ2n) is 4.77. The van der Waals surface area contributed by atoms with Gasteiger partial charge in [0.05, 0.1) is 5.56 Å². The zero-order valence-electron chi connectivity index (χ0n) is 10.9. The lowest BCUT2D eigenvalue weighted by atomic mass is 9.89. The Morgan fingerprint density at radius 1 is 1.24 bits per heavy atom. The number of rotatable bonds is 2. The van der Waals surface area contributed by atoms with Crippen LogP contribution in [0.5, 0.6) is 0 Å². The van der Waals surface area contributed by atoms with Gasteiger partial charge < -0.3 is 11.5 Å². The first kappa shape index (κ1) is 13.6. The van der Waals surface area contributed by atoms with E-state index in [4.69, 9.17) is 11.5 Å². The number of carbonyl (C=O) groups is 2. The summed E-state index contributed by atoms with van der Waals surface area (Å²) < 4.78 is 13.5. The Labute approximate surface area is 123 Å². The van der Waals surface area contributed by atoms with Crippen LogP contribution in [0.1, 0.15) is 21.5 Å². The second kappa shape index (κ2) is 4.85. The molecule has 1 aliphatic rings. The van der Waals surface area contributed by atoms with Crippen molar-refractivity contribution in [3.8, 4) is 10.4 Å². The summed E-state index contributed by atoms with van der Waals surface area (Å²) in [6, 6.07) is 3.81. The molecule has 7 heteroatoms. The second-order valence-corrected chi connectivity index (χ2v) is 5.79. The molecule has 21 heavy (non-hydrogen) atoms. The Bertz CT molecular complexity index is 770. The molecule has 1 aliphatic carbocycles. The Hall–Kier alpha value is -2.41. The summed E-state index contributed by atoms with van der Waals surface area (Å²) in [5.74, 6) is -0.976. The standard InChI is InChI=1S/C14H12FN3O2S/c15-7-3-1-6-2-4-8-10(12(16)19)13(18-14(17)20)21-11(8)9(6)5-7/h1,3,5H,2,4H2,(H2,16,19)(H3,17,18,20). The molecule has 0 spiro atoms. The van der Waals surface area contributed by atoms with Crippen molar-refractivity contribution in [3.63, 3.8) is 0 Å². The number of amides is 3. The number of carbonyl (C=O) groups excluding carboxylic acids is 2. The van der Waals surface area contributed by atoms with Crippen molar-refractivity contribution in [2.24, 2.45) is 11.5 Å². The third kappa shape index (κ3) is 2.25. The minimum Gasteiger partial charge on any atom is -0.365 e. The first-order valence-electron chi connectivity index (χ1n) is 6.28. The van der Waals surface area contributed by atoms with Gasteiger partial charge in [-0.15, -0.1) is 11.3 Å². The highest BCUT2D eigenvalue weighted by Crippen LogP contribution is 2.45. The summed E-state index contributed by atoms with van der Waals surface area (Å²) in [6.07, 6.45) is 1.30. The van der Waals surface area contributed by atoms with Crippen LogP contribution in [0.3, 0.4) is 0 Å². The summed E-state index contributed by atoms with van der Waals surface area (Å²) in [6.45, 7) is 0. The SMILES string of the molecule is NC(=O)Nc1sc2c(c1C(N)=O)CCc1ccc(F)cc1-2. The van der Waals surface area contributed by atoms with Crippen molar-refractivity contribution in [2.45, 2.75) is 12.8 Å². The molecule has 1 heterocycles. The van der Waals surface area contributed by atoms with E-state index < -0.39 is 11.9 Å². The minimum atomic E-state index is -0.768. The Kier molecular flexibility index (Phi) is 3.13. The van der Waals surface area contributed by atoms with E-state index in [0.29, 0.717) is 17.8 Å². The molecule has 0 unspecified atom stereocenters. The van der Waals surface area contributed by atoms with Crippen LogP contribution in [0.4, 0.5) is 14.2 Å². The molecule has 1 aromatic carbocycles. The average molecular weight is 305 g/mol. The molecule has 0 aliphatic heterocycles. The zero-order chi connectivity index (χ0) is 15.1. The highest BCUT2D eigenvalue weighted by atomic mass is 32.1. The van der Waals surface area contributed by atoms with Crippen LogP contribution < -0.4 is 16.8 Å². The van der Waals surface area contributed by atoms with Gasteiger partial charge >= 0.3 is 6.03 Å². The molecule has 1 aromatic heterocycles. The molecule has 5 nitrogen and oxygen atoms in total. The summed E-state index contributed by atoms with van der Waals surface area (Å²) in [5.41, 5.74) is 13.3. The number of aryl methyl sites for hydroxylation is 1. The van der Waals surface area contributed by atoms with Gasteiger partial charge in [-0.05, 0) is 41.7 Å². The third-order valence-corrected chi connectivity index (χ3v) is 4.63. The predicted molar refractivity (Wildman–Crippen MR) is 78.8 cm³/mol. The van der Waals surface area contributed by atoms with Crippen LogP contribution in [0, 0.1) is 5.82 Å². The molecule has 3 amide bonds. The van der Waals surface area contributed by atoms with E-state index in [2.05, 4.69) is 5.32 Å². The van der Waals surface area contributed by atoms with Crippen LogP contribution in [0.2, 0.25) is 0 Å². The number of halogens is 1. The number of benzene rings is 1. The molecule has 0 saturated heterocycles. The van der Waals surface area contributed by atoms with Gasteiger partial charge in [0.1, 0.15) is 10.8 Å². The van der Waals surface area contributed by atoms with Crippen molar-refractivity contribution < 1.29 is 14.0 Å². The first-order valence-corrected chi connectivity index (χ1v) is 7.09. The number of hydrogen-bond acceptors (Lipinski definition) is 3. The first-order chi connectivity index (χ1) is 9.97. The Morgan fingerprint density at radius 2 is 2.00 bits per heavy atom. The van der Waals surface area contributed by atoms with Crippen LogP contribution >= 0.6 is 11.3 Å². The van der Waals surface area contributed by atoms with E-state index in [1.165, 1.54) is 23.5 Å². The number of primary amides is 2. The number of urea groups is 1. The van der Waals surface area contributed by atoms with Crippen molar-refractivity contribution in [2.75, 3.05) is 5.32 Å². The lowest BCUT2D eigenvalue weighted by molar-refractivity contribution is 0.100. The topological polar surface area (TPSA) is 98.2 Å². The van der Waals surface area contributed by atoms with E-state index in [0.717, 1.165) is 21.6 Å². The van der Waals surface area contributed by atoms with E-state index in [1.807, 2.05) is 0 Å². The molecule has 0 radical (unpaired) electrons. The van der Waals surface area contributed by atoms with Gasteiger partial charge in [-0.1, -0.05) is 6.07 Å². The summed E-state index contributed by atoms with van der Waals surface area (Å²) in [7, 11) is 0. The lowest BCUT2D eigenvalue weighted by Gasteiger charge is -2.16. The highest BCUT2D eigenvalue weighted by molar-refractivity contribution is 7.20. The van der Waals surface area contributed by atoms with Gasteiger partial charge in [0.15, 0.2) is 0 Å². The monoisotopic (exact) mass is 305 g/mol. The Balaban J connectivity index is 2.23. The molecule has 3 rings (SSSR count). The maximum atomic E-state index is 13.5. The smallest absolute Gasteiger partial charge is 0.317 e. The number of hydrogen-bond donors (Lipinski definition) is 3. The number of anilines is 1. The van der Waals surface area contributed by atoms with Crippen LogP contribution in [0.15, 0.2) is 18.2 Å². The largest absolute Gasteiger partial charge is 0.365 e. The van der Waals surface area contributed by atoms with Crippen molar-refractivity contribution in [3.05, 3.63) is 40.7 Å². The quantitative estimate of drug-likeness (QED) is 0.793. The summed E-state index contributed by atoms with van der Waals surface area (Å²) in [4.78, 5) is 23.5. The number of fused-ring (bicyclic) bond motifs is 3. The average Bonchev–Trinajstić information content (AvgIpc) is 2.76. The van der Waals surface area contributed by atoms with Crippen LogP contribution in [-0.2, 0) is 12.8 Å². The predicted octanol–water partition coefficient (Wildman–Crippen LogP) is 2.24. The van der Waals surface area contributed by atoms with Crippen molar-refractivity contribution >= 4 is 28.3 Å². The number of thiophene rings is 1. The third-order valence-electron chi connectivity index (χ3n) is 3.45. The van der Waals surface area contributed by atoms with Gasteiger partial charge in [-0.2, -0.15) is 0 Å². The number of nitrogens with two attached hydrogens (primary N) is 2. The highest BCUT2D eigenvalue weighted by Gasteiger charge is 2.27. The molecule has 0 atom stereocenters. The van der Waals surface area contributed by atoms with Gasteiger partial charge in [-0.25, -0.2) is 9.18 Å². The summed E-state index contributed by atoms with van der Waals surface area (Å²) >= 11 is 1.19. The Morgan fingerprint density at radius 3 is 2.67 bits per heavy atom. The number of nitrogens with one attached hydrogen (secondary N) is 1. The van der Waals surface area contributed by atoms with E-state index in [9.17, 15) is 14.0 Å². The van der Waals surface area contributed by atoms with E-state index in [1.54, 1.807) is 6.07 Å². The molecular weight excluding hydrogens is 293 g/mol. The van der Waals surface area contributed by atoms with E-state index in [-0.39, 0.29) is 11.4 Å². The molecular formula is C14H12FN3O2S. The fraction of sp³-hybridized carbons (Fsp3) is 0.143. The molecule has 0 fully saturated rings. The molecule has 108 valence electrons. The van der Waals surface area contributed by atoms with Crippen LogP contribution in [0.25, 0.3) is 10.4 Å². The fourth-order valence-corrected chi connectivity index (χ4v) is 3.93. The maximum absolute atomic E-state index is 13.5. The maximum Gasteiger partial charge on any atom is 0.317 e. The normalized spacial score (nSPS) is 12.4. The van der Waals surface area contributed by atoms with Crippen molar-refractivity contribution in [1.29, 1.82) is 0 Å². The van der Waals surface area contributed by atoms with Gasteiger partial charge in [-0.3, -0.25) is 10.1 Å².